The van der Waals surface area contributed by atoms with Crippen molar-refractivity contribution in [2.24, 2.45) is 5.92 Å². The van der Waals surface area contributed by atoms with E-state index in [-0.39, 0.29) is 5.91 Å². The molecule has 3 rings (SSSR count). The fourth-order valence-electron chi connectivity index (χ4n) is 3.30. The Kier molecular flexibility index (Phi) is 5.54. The Balaban J connectivity index is 1.94. The smallest absolute Gasteiger partial charge is 0.254 e. The second-order valence-electron chi connectivity index (χ2n) is 6.70. The van der Waals surface area contributed by atoms with E-state index >= 15 is 0 Å². The van der Waals surface area contributed by atoms with Crippen molar-refractivity contribution >= 4 is 17.6 Å². The van der Waals surface area contributed by atoms with Crippen LogP contribution < -0.4 is 4.74 Å². The van der Waals surface area contributed by atoms with Gasteiger partial charge in [0.15, 0.2) is 0 Å². The molecule has 2 aromatic carbocycles. The fraction of sp³-hybridized carbons (Fsp3) is 0.318. The summed E-state index contributed by atoms with van der Waals surface area (Å²) in [5.74, 6) is 1.50. The van der Waals surface area contributed by atoms with Gasteiger partial charge in [0.1, 0.15) is 5.75 Å². The number of hydrogen-bond acceptors (Lipinski definition) is 2. The average molecular weight is 335 g/mol. The molecule has 0 saturated carbocycles. The number of benzene rings is 2. The first-order valence-corrected chi connectivity index (χ1v) is 8.88. The first-order valence-electron chi connectivity index (χ1n) is 8.88. The zero-order valence-corrected chi connectivity index (χ0v) is 14.9. The van der Waals surface area contributed by atoms with E-state index in [0.717, 1.165) is 42.0 Å². The highest BCUT2D eigenvalue weighted by molar-refractivity contribution is 6.24. The monoisotopic (exact) mass is 335 g/mol. The summed E-state index contributed by atoms with van der Waals surface area (Å²) in [7, 11) is 1.65. The highest BCUT2D eigenvalue weighted by atomic mass is 16.5. The van der Waals surface area contributed by atoms with Gasteiger partial charge in [-0.3, -0.25) is 4.79 Å². The number of hydrogen-bond donors (Lipinski definition) is 0. The highest BCUT2D eigenvalue weighted by Crippen LogP contribution is 2.25. The van der Waals surface area contributed by atoms with Crippen molar-refractivity contribution in [2.45, 2.75) is 19.8 Å². The molecule has 3 heteroatoms. The molecule has 0 unspecified atom stereocenters. The van der Waals surface area contributed by atoms with Crippen molar-refractivity contribution < 1.29 is 9.53 Å². The second kappa shape index (κ2) is 8.02. The van der Waals surface area contributed by atoms with Gasteiger partial charge in [-0.05, 0) is 48.1 Å². The molecule has 2 aromatic rings. The van der Waals surface area contributed by atoms with Gasteiger partial charge in [-0.25, -0.2) is 0 Å². The number of ether oxygens (including phenoxy) is 1. The van der Waals surface area contributed by atoms with Gasteiger partial charge < -0.3 is 9.64 Å². The van der Waals surface area contributed by atoms with Gasteiger partial charge >= 0.3 is 0 Å². The molecule has 0 radical (unpaired) electrons. The van der Waals surface area contributed by atoms with Crippen molar-refractivity contribution in [3.63, 3.8) is 0 Å². The Morgan fingerprint density at radius 1 is 1.12 bits per heavy atom. The maximum Gasteiger partial charge on any atom is 0.254 e. The number of carbonyl (C=O) groups is 1. The van der Waals surface area contributed by atoms with Crippen LogP contribution in [0.15, 0.2) is 54.6 Å². The largest absolute Gasteiger partial charge is 0.497 e. The Hall–Kier alpha value is -2.55. The summed E-state index contributed by atoms with van der Waals surface area (Å²) in [5, 5.41) is 0. The van der Waals surface area contributed by atoms with E-state index in [1.807, 2.05) is 65.6 Å². The molecule has 0 N–H and O–H groups in total. The van der Waals surface area contributed by atoms with Gasteiger partial charge in [0.05, 0.1) is 7.11 Å². The van der Waals surface area contributed by atoms with Crippen molar-refractivity contribution in [3.05, 3.63) is 65.7 Å². The fourth-order valence-corrected chi connectivity index (χ4v) is 3.30. The Bertz CT molecular complexity index is 734. The lowest BCUT2D eigenvalue weighted by atomic mass is 9.97. The van der Waals surface area contributed by atoms with E-state index in [4.69, 9.17) is 4.74 Å². The van der Waals surface area contributed by atoms with Crippen molar-refractivity contribution in [2.75, 3.05) is 20.2 Å². The number of carbonyl (C=O) groups excluding carboxylic acids is 1. The third-order valence-corrected chi connectivity index (χ3v) is 4.69. The van der Waals surface area contributed by atoms with Crippen molar-refractivity contribution in [1.29, 1.82) is 0 Å². The van der Waals surface area contributed by atoms with Gasteiger partial charge in [0.25, 0.3) is 5.91 Å². The zero-order chi connectivity index (χ0) is 17.6. The summed E-state index contributed by atoms with van der Waals surface area (Å²) >= 11 is 0. The minimum atomic E-state index is 0.119. The van der Waals surface area contributed by atoms with Crippen LogP contribution in [-0.2, 0) is 4.79 Å². The summed E-state index contributed by atoms with van der Waals surface area (Å²) < 4.78 is 5.22. The predicted molar refractivity (Wildman–Crippen MR) is 102 cm³/mol. The molecular weight excluding hydrogens is 310 g/mol. The van der Waals surface area contributed by atoms with Crippen LogP contribution in [0.4, 0.5) is 0 Å². The summed E-state index contributed by atoms with van der Waals surface area (Å²) in [6.07, 6.45) is 4.26. The highest BCUT2D eigenvalue weighted by Gasteiger charge is 2.24. The minimum absolute atomic E-state index is 0.119. The molecule has 1 aliphatic heterocycles. The van der Waals surface area contributed by atoms with Crippen LogP contribution in [-0.4, -0.2) is 31.0 Å². The van der Waals surface area contributed by atoms with Crippen LogP contribution in [0, 0.1) is 5.92 Å². The molecule has 3 nitrogen and oxygen atoms in total. The van der Waals surface area contributed by atoms with Crippen molar-refractivity contribution in [1.82, 2.24) is 4.90 Å². The Morgan fingerprint density at radius 3 is 2.48 bits per heavy atom. The van der Waals surface area contributed by atoms with Crippen LogP contribution in [0.2, 0.25) is 0 Å². The SMILES string of the molecule is COc1ccc(/C=C(/C(=O)N2CCC[C@@H](C)C2)c2ccccc2)cc1. The average Bonchev–Trinajstić information content (AvgIpc) is 2.67. The van der Waals surface area contributed by atoms with Crippen molar-refractivity contribution in [3.8, 4) is 5.75 Å². The standard InChI is InChI=1S/C22H25NO2/c1-17-7-6-14-23(16-17)22(24)21(19-8-4-3-5-9-19)15-18-10-12-20(25-2)13-11-18/h3-5,8-13,15,17H,6-7,14,16H2,1-2H3/b21-15+/t17-/m1/s1. The first-order chi connectivity index (χ1) is 12.2. The molecule has 0 aromatic heterocycles. The van der Waals surface area contributed by atoms with E-state index in [0.29, 0.717) is 5.92 Å². The minimum Gasteiger partial charge on any atom is -0.497 e. The van der Waals surface area contributed by atoms with Gasteiger partial charge in [0.2, 0.25) is 0 Å². The number of methoxy groups -OCH3 is 1. The zero-order valence-electron chi connectivity index (χ0n) is 14.9. The molecule has 1 atom stereocenters. The van der Waals surface area contributed by atoms with Crippen LogP contribution in [0.25, 0.3) is 11.6 Å². The van der Waals surface area contributed by atoms with E-state index < -0.39 is 0 Å². The lowest BCUT2D eigenvalue weighted by Crippen LogP contribution is -2.39. The number of amides is 1. The van der Waals surface area contributed by atoms with Crippen LogP contribution in [0.3, 0.4) is 0 Å². The third kappa shape index (κ3) is 4.30. The lowest BCUT2D eigenvalue weighted by molar-refractivity contribution is -0.126. The van der Waals surface area contributed by atoms with E-state index in [9.17, 15) is 4.79 Å². The number of rotatable bonds is 4. The van der Waals surface area contributed by atoms with Crippen LogP contribution >= 0.6 is 0 Å². The second-order valence-corrected chi connectivity index (χ2v) is 6.70. The molecule has 1 amide bonds. The predicted octanol–water partition coefficient (Wildman–Crippen LogP) is 4.49. The molecule has 0 aliphatic carbocycles. The molecule has 0 spiro atoms. The van der Waals surface area contributed by atoms with E-state index in [2.05, 4.69) is 6.92 Å². The van der Waals surface area contributed by atoms with E-state index in [1.54, 1.807) is 7.11 Å². The normalized spacial score (nSPS) is 18.1. The topological polar surface area (TPSA) is 29.5 Å². The molecular formula is C22H25NO2. The quantitative estimate of drug-likeness (QED) is 0.608. The summed E-state index contributed by atoms with van der Waals surface area (Å²) in [6, 6.07) is 17.7. The molecule has 0 bridgehead atoms. The van der Waals surface area contributed by atoms with Gasteiger partial charge in [-0.2, -0.15) is 0 Å². The maximum atomic E-state index is 13.2. The molecule has 1 aliphatic rings. The number of nitrogens with zero attached hydrogens (tertiary/aromatic N) is 1. The summed E-state index contributed by atoms with van der Waals surface area (Å²) in [4.78, 5) is 15.2. The summed E-state index contributed by atoms with van der Waals surface area (Å²) in [6.45, 7) is 3.90. The molecule has 25 heavy (non-hydrogen) atoms. The van der Waals surface area contributed by atoms with Gasteiger partial charge in [0, 0.05) is 18.7 Å². The lowest BCUT2D eigenvalue weighted by Gasteiger charge is -2.31. The Morgan fingerprint density at radius 2 is 1.84 bits per heavy atom. The van der Waals surface area contributed by atoms with Gasteiger partial charge in [-0.1, -0.05) is 49.4 Å². The first kappa shape index (κ1) is 17.3. The van der Waals surface area contributed by atoms with Gasteiger partial charge in [-0.15, -0.1) is 0 Å². The molecule has 1 saturated heterocycles. The molecule has 130 valence electrons. The van der Waals surface area contributed by atoms with Crippen LogP contribution in [0.5, 0.6) is 5.75 Å². The molecule has 1 heterocycles. The van der Waals surface area contributed by atoms with E-state index in [1.165, 1.54) is 6.42 Å². The maximum absolute atomic E-state index is 13.2. The summed E-state index contributed by atoms with van der Waals surface area (Å²) in [5.41, 5.74) is 2.71. The number of piperidine rings is 1. The van der Waals surface area contributed by atoms with Crippen LogP contribution in [0.1, 0.15) is 30.9 Å². The number of likely N-dealkylation sites (tertiary alicyclic amines) is 1. The third-order valence-electron chi connectivity index (χ3n) is 4.69. The Labute approximate surface area is 149 Å². The molecule has 1 fully saturated rings.